The Kier molecular flexibility index (Phi) is 2.35. The Morgan fingerprint density at radius 2 is 1.95 bits per heavy atom. The fourth-order valence-electron chi connectivity index (χ4n) is 2.32. The molecule has 4 rings (SSSR count). The number of imidazole rings is 1. The second-order valence-corrected chi connectivity index (χ2v) is 5.55. The molecule has 0 radical (unpaired) electrons. The number of thiazole rings is 1. The summed E-state index contributed by atoms with van der Waals surface area (Å²) in [5.74, 6) is 0. The molecule has 0 amide bonds. The summed E-state index contributed by atoms with van der Waals surface area (Å²) in [5.41, 5.74) is 3.87. The molecule has 0 saturated carbocycles. The first-order chi connectivity index (χ1) is 9.85. The number of hydrogen-bond donors (Lipinski definition) is 0. The highest BCUT2D eigenvalue weighted by Gasteiger charge is 2.10. The highest BCUT2D eigenvalue weighted by Crippen LogP contribution is 2.29. The quantitative estimate of drug-likeness (QED) is 0.525. The van der Waals surface area contributed by atoms with Crippen LogP contribution in [0.1, 0.15) is 5.56 Å². The lowest BCUT2D eigenvalue weighted by molar-refractivity contribution is 1.30. The van der Waals surface area contributed by atoms with Gasteiger partial charge in [-0.25, -0.2) is 4.98 Å². The van der Waals surface area contributed by atoms with Crippen molar-refractivity contribution in [3.8, 4) is 17.3 Å². The summed E-state index contributed by atoms with van der Waals surface area (Å²) in [4.78, 5) is 5.63. The summed E-state index contributed by atoms with van der Waals surface area (Å²) in [6.07, 6.45) is 2.05. The molecule has 2 aromatic carbocycles. The van der Waals surface area contributed by atoms with Gasteiger partial charge in [-0.2, -0.15) is 5.26 Å². The molecule has 0 aliphatic carbocycles. The standard InChI is InChI=1S/C16H9N3S/c17-9-11-6-7-14-15(8-11)20-16-18-13(10-19(14)16)12-4-2-1-3-5-12/h1-8,10H. The lowest BCUT2D eigenvalue weighted by Crippen LogP contribution is -1.78. The van der Waals surface area contributed by atoms with Gasteiger partial charge >= 0.3 is 0 Å². The highest BCUT2D eigenvalue weighted by atomic mass is 32.1. The molecular formula is C16H9N3S. The molecule has 94 valence electrons. The summed E-state index contributed by atoms with van der Waals surface area (Å²) in [6.45, 7) is 0. The van der Waals surface area contributed by atoms with Crippen LogP contribution in [0.25, 0.3) is 26.4 Å². The molecule has 0 saturated heterocycles. The Labute approximate surface area is 119 Å². The molecule has 2 aromatic heterocycles. The van der Waals surface area contributed by atoms with Crippen LogP contribution in [0.4, 0.5) is 0 Å². The minimum absolute atomic E-state index is 0.685. The minimum atomic E-state index is 0.685. The number of fused-ring (bicyclic) bond motifs is 3. The van der Waals surface area contributed by atoms with Gasteiger partial charge in [-0.3, -0.25) is 4.40 Å². The van der Waals surface area contributed by atoms with Gasteiger partial charge in [-0.1, -0.05) is 41.7 Å². The molecule has 4 heteroatoms. The van der Waals surface area contributed by atoms with Crippen molar-refractivity contribution < 1.29 is 0 Å². The summed E-state index contributed by atoms with van der Waals surface area (Å²) < 4.78 is 3.18. The van der Waals surface area contributed by atoms with Crippen molar-refractivity contribution in [2.45, 2.75) is 0 Å². The third kappa shape index (κ3) is 1.61. The van der Waals surface area contributed by atoms with E-state index in [2.05, 4.69) is 33.8 Å². The summed E-state index contributed by atoms with van der Waals surface area (Å²) in [7, 11) is 0. The van der Waals surface area contributed by atoms with Crippen LogP contribution >= 0.6 is 11.3 Å². The molecule has 20 heavy (non-hydrogen) atoms. The molecule has 4 aromatic rings. The second kappa shape index (κ2) is 4.19. The van der Waals surface area contributed by atoms with Gasteiger partial charge in [-0.05, 0) is 18.2 Å². The lowest BCUT2D eigenvalue weighted by Gasteiger charge is -1.94. The molecule has 2 heterocycles. The fourth-order valence-corrected chi connectivity index (χ4v) is 3.37. The molecule has 0 unspecified atom stereocenters. The molecule has 0 aliphatic rings. The number of rotatable bonds is 1. The van der Waals surface area contributed by atoms with Gasteiger partial charge < -0.3 is 0 Å². The van der Waals surface area contributed by atoms with E-state index >= 15 is 0 Å². The summed E-state index contributed by atoms with van der Waals surface area (Å²) in [5, 5.41) is 8.95. The zero-order valence-corrected chi connectivity index (χ0v) is 11.3. The maximum absolute atomic E-state index is 8.95. The zero-order chi connectivity index (χ0) is 13.5. The average Bonchev–Trinajstić information content (AvgIpc) is 3.05. The molecular weight excluding hydrogens is 266 g/mol. The predicted octanol–water partition coefficient (Wildman–Crippen LogP) is 4.09. The van der Waals surface area contributed by atoms with Crippen molar-refractivity contribution in [3.63, 3.8) is 0 Å². The summed E-state index contributed by atoms with van der Waals surface area (Å²) >= 11 is 1.61. The van der Waals surface area contributed by atoms with E-state index in [1.165, 1.54) is 0 Å². The topological polar surface area (TPSA) is 41.1 Å². The van der Waals surface area contributed by atoms with Crippen molar-refractivity contribution in [2.75, 3.05) is 0 Å². The number of benzene rings is 2. The van der Waals surface area contributed by atoms with Gasteiger partial charge in [-0.15, -0.1) is 0 Å². The number of hydrogen-bond acceptors (Lipinski definition) is 3. The van der Waals surface area contributed by atoms with Gasteiger partial charge in [0.05, 0.1) is 27.5 Å². The molecule has 0 fully saturated rings. The van der Waals surface area contributed by atoms with E-state index in [9.17, 15) is 0 Å². The molecule has 0 bridgehead atoms. The number of nitriles is 1. The average molecular weight is 275 g/mol. The Hall–Kier alpha value is -2.64. The Bertz CT molecular complexity index is 958. The van der Waals surface area contributed by atoms with Gasteiger partial charge in [0.25, 0.3) is 0 Å². The lowest BCUT2D eigenvalue weighted by atomic mass is 10.2. The van der Waals surface area contributed by atoms with E-state index < -0.39 is 0 Å². The van der Waals surface area contributed by atoms with Crippen LogP contribution in [-0.2, 0) is 0 Å². The molecule has 0 atom stereocenters. The van der Waals surface area contributed by atoms with Gasteiger partial charge in [0.2, 0.25) is 0 Å². The smallest absolute Gasteiger partial charge is 0.195 e. The maximum atomic E-state index is 8.95. The van der Waals surface area contributed by atoms with Crippen LogP contribution in [0.3, 0.4) is 0 Å². The van der Waals surface area contributed by atoms with Crippen LogP contribution in [0, 0.1) is 11.3 Å². The van der Waals surface area contributed by atoms with Crippen molar-refractivity contribution in [1.29, 1.82) is 5.26 Å². The normalized spacial score (nSPS) is 10.9. The molecule has 0 N–H and O–H groups in total. The van der Waals surface area contributed by atoms with E-state index in [4.69, 9.17) is 5.26 Å². The fraction of sp³-hybridized carbons (Fsp3) is 0. The maximum Gasteiger partial charge on any atom is 0.195 e. The van der Waals surface area contributed by atoms with Crippen LogP contribution in [-0.4, -0.2) is 9.38 Å². The van der Waals surface area contributed by atoms with E-state index in [1.807, 2.05) is 36.4 Å². The largest absolute Gasteiger partial charge is 0.290 e. The van der Waals surface area contributed by atoms with E-state index in [1.54, 1.807) is 11.3 Å². The molecule has 0 aliphatic heterocycles. The Morgan fingerprint density at radius 1 is 1.10 bits per heavy atom. The third-order valence-electron chi connectivity index (χ3n) is 3.29. The van der Waals surface area contributed by atoms with Crippen molar-refractivity contribution in [1.82, 2.24) is 9.38 Å². The van der Waals surface area contributed by atoms with Crippen LogP contribution < -0.4 is 0 Å². The highest BCUT2D eigenvalue weighted by molar-refractivity contribution is 7.23. The minimum Gasteiger partial charge on any atom is -0.290 e. The van der Waals surface area contributed by atoms with E-state index in [-0.39, 0.29) is 0 Å². The monoisotopic (exact) mass is 275 g/mol. The second-order valence-electron chi connectivity index (χ2n) is 4.54. The van der Waals surface area contributed by atoms with Crippen molar-refractivity contribution >= 4 is 26.5 Å². The van der Waals surface area contributed by atoms with Crippen molar-refractivity contribution in [3.05, 3.63) is 60.3 Å². The molecule has 0 spiro atoms. The first-order valence-corrected chi connectivity index (χ1v) is 7.04. The van der Waals surface area contributed by atoms with Gasteiger partial charge in [0.1, 0.15) is 0 Å². The van der Waals surface area contributed by atoms with Crippen LogP contribution in [0.15, 0.2) is 54.7 Å². The first kappa shape index (κ1) is 11.2. The third-order valence-corrected chi connectivity index (χ3v) is 4.31. The SMILES string of the molecule is N#Cc1ccc2c(c1)sc1nc(-c3ccccc3)cn12. The zero-order valence-electron chi connectivity index (χ0n) is 10.4. The Balaban J connectivity index is 1.96. The van der Waals surface area contributed by atoms with Gasteiger partial charge in [0.15, 0.2) is 4.96 Å². The Morgan fingerprint density at radius 3 is 2.75 bits per heavy atom. The summed E-state index contributed by atoms with van der Waals surface area (Å²) in [6, 6.07) is 18.1. The first-order valence-electron chi connectivity index (χ1n) is 6.22. The predicted molar refractivity (Wildman–Crippen MR) is 80.7 cm³/mol. The van der Waals surface area contributed by atoms with Crippen LogP contribution in [0.5, 0.6) is 0 Å². The van der Waals surface area contributed by atoms with Gasteiger partial charge in [0, 0.05) is 11.8 Å². The van der Waals surface area contributed by atoms with E-state index in [0.717, 1.165) is 26.4 Å². The van der Waals surface area contributed by atoms with Crippen LogP contribution in [0.2, 0.25) is 0 Å². The van der Waals surface area contributed by atoms with Crippen molar-refractivity contribution in [2.24, 2.45) is 0 Å². The molecule has 3 nitrogen and oxygen atoms in total. The number of nitrogens with zero attached hydrogens (tertiary/aromatic N) is 3. The number of aromatic nitrogens is 2. The van der Waals surface area contributed by atoms with E-state index in [0.29, 0.717) is 5.56 Å².